The topological polar surface area (TPSA) is 61.9 Å². The van der Waals surface area contributed by atoms with E-state index in [0.29, 0.717) is 17.8 Å². The lowest BCUT2D eigenvalue weighted by atomic mass is 10.2. The van der Waals surface area contributed by atoms with Crippen LogP contribution in [0.5, 0.6) is 0 Å². The first-order chi connectivity index (χ1) is 9.56. The average Bonchev–Trinajstić information content (AvgIpc) is 2.87. The largest absolute Gasteiger partial charge is 0.310 e. The van der Waals surface area contributed by atoms with Crippen molar-refractivity contribution in [2.75, 3.05) is 11.9 Å². The van der Waals surface area contributed by atoms with Gasteiger partial charge in [0.15, 0.2) is 0 Å². The van der Waals surface area contributed by atoms with E-state index in [2.05, 4.69) is 11.2 Å². The minimum absolute atomic E-state index is 0.114. The van der Waals surface area contributed by atoms with Gasteiger partial charge in [-0.3, -0.25) is 9.48 Å². The lowest BCUT2D eigenvalue weighted by Gasteiger charge is -2.17. The molecule has 1 aromatic carbocycles. The average molecular weight is 268 g/mol. The highest BCUT2D eigenvalue weighted by Gasteiger charge is 2.18. The summed E-state index contributed by atoms with van der Waals surface area (Å²) in [6.07, 6.45) is 0. The maximum Gasteiger partial charge on any atom is 0.276 e. The molecule has 0 saturated carbocycles. The molecular formula is C15H16N4O. The predicted molar refractivity (Wildman–Crippen MR) is 76.5 cm³/mol. The number of nitriles is 1. The molecule has 0 N–H and O–H groups in total. The molecular weight excluding hydrogens is 252 g/mol. The van der Waals surface area contributed by atoms with Gasteiger partial charge in [-0.1, -0.05) is 0 Å². The van der Waals surface area contributed by atoms with Crippen LogP contribution in [0, 0.1) is 18.3 Å². The second-order valence-corrected chi connectivity index (χ2v) is 4.51. The third kappa shape index (κ3) is 2.54. The molecule has 0 unspecified atom stereocenters. The molecule has 0 spiro atoms. The van der Waals surface area contributed by atoms with Crippen LogP contribution in [-0.4, -0.2) is 22.7 Å². The first kappa shape index (κ1) is 13.8. The van der Waals surface area contributed by atoms with E-state index in [1.54, 1.807) is 47.0 Å². The Hall–Kier alpha value is -2.61. The normalized spacial score (nSPS) is 10.1. The standard InChI is InChI=1S/C15H16N4O/c1-4-19-14(9-11(2)17-19)15(20)18(3)13-7-5-12(10-16)6-8-13/h5-9H,4H2,1-3H3. The van der Waals surface area contributed by atoms with E-state index in [0.717, 1.165) is 11.4 Å². The number of anilines is 1. The van der Waals surface area contributed by atoms with Crippen LogP contribution in [0.1, 0.15) is 28.7 Å². The Bertz CT molecular complexity index is 664. The number of benzene rings is 1. The summed E-state index contributed by atoms with van der Waals surface area (Å²) in [4.78, 5) is 14.1. The van der Waals surface area contributed by atoms with E-state index >= 15 is 0 Å². The fourth-order valence-electron chi connectivity index (χ4n) is 2.01. The van der Waals surface area contributed by atoms with Gasteiger partial charge in [-0.15, -0.1) is 0 Å². The van der Waals surface area contributed by atoms with Crippen molar-refractivity contribution in [2.45, 2.75) is 20.4 Å². The van der Waals surface area contributed by atoms with Crippen LogP contribution in [0.25, 0.3) is 0 Å². The molecule has 0 fully saturated rings. The number of aromatic nitrogens is 2. The third-order valence-corrected chi connectivity index (χ3v) is 3.11. The minimum Gasteiger partial charge on any atom is -0.310 e. The molecule has 0 aliphatic carbocycles. The van der Waals surface area contributed by atoms with E-state index in [1.807, 2.05) is 13.8 Å². The van der Waals surface area contributed by atoms with Crippen molar-refractivity contribution in [2.24, 2.45) is 0 Å². The van der Waals surface area contributed by atoms with Crippen molar-refractivity contribution in [3.05, 3.63) is 47.3 Å². The van der Waals surface area contributed by atoms with Gasteiger partial charge in [0, 0.05) is 19.3 Å². The first-order valence-electron chi connectivity index (χ1n) is 6.39. The molecule has 1 amide bonds. The molecule has 0 atom stereocenters. The summed E-state index contributed by atoms with van der Waals surface area (Å²) in [5, 5.41) is 13.1. The molecule has 0 bridgehead atoms. The molecule has 0 saturated heterocycles. The maximum atomic E-state index is 12.5. The van der Waals surface area contributed by atoms with Gasteiger partial charge < -0.3 is 4.90 Å². The molecule has 5 heteroatoms. The van der Waals surface area contributed by atoms with Crippen LogP contribution in [0.3, 0.4) is 0 Å². The van der Waals surface area contributed by atoms with Crippen molar-refractivity contribution in [3.63, 3.8) is 0 Å². The minimum atomic E-state index is -0.114. The summed E-state index contributed by atoms with van der Waals surface area (Å²) >= 11 is 0. The smallest absolute Gasteiger partial charge is 0.276 e. The molecule has 1 heterocycles. The highest BCUT2D eigenvalue weighted by molar-refractivity contribution is 6.04. The van der Waals surface area contributed by atoms with E-state index in [-0.39, 0.29) is 5.91 Å². The summed E-state index contributed by atoms with van der Waals surface area (Å²) < 4.78 is 1.69. The van der Waals surface area contributed by atoms with Crippen LogP contribution in [0.15, 0.2) is 30.3 Å². The van der Waals surface area contributed by atoms with Crippen LogP contribution in [0.2, 0.25) is 0 Å². The molecule has 0 radical (unpaired) electrons. The van der Waals surface area contributed by atoms with E-state index in [4.69, 9.17) is 5.26 Å². The van der Waals surface area contributed by atoms with Gasteiger partial charge in [-0.25, -0.2) is 0 Å². The zero-order chi connectivity index (χ0) is 14.7. The molecule has 1 aromatic heterocycles. The van der Waals surface area contributed by atoms with Gasteiger partial charge in [-0.2, -0.15) is 10.4 Å². The number of hydrogen-bond acceptors (Lipinski definition) is 3. The Morgan fingerprint density at radius 3 is 2.60 bits per heavy atom. The van der Waals surface area contributed by atoms with Crippen LogP contribution >= 0.6 is 0 Å². The van der Waals surface area contributed by atoms with Crippen molar-refractivity contribution >= 4 is 11.6 Å². The Labute approximate surface area is 118 Å². The number of carbonyl (C=O) groups excluding carboxylic acids is 1. The Morgan fingerprint density at radius 1 is 1.40 bits per heavy atom. The second-order valence-electron chi connectivity index (χ2n) is 4.51. The molecule has 2 rings (SSSR count). The lowest BCUT2D eigenvalue weighted by molar-refractivity contribution is 0.0983. The molecule has 2 aromatic rings. The number of nitrogens with zero attached hydrogens (tertiary/aromatic N) is 4. The van der Waals surface area contributed by atoms with Crippen molar-refractivity contribution in [3.8, 4) is 6.07 Å². The lowest BCUT2D eigenvalue weighted by Crippen LogP contribution is -2.28. The van der Waals surface area contributed by atoms with Crippen molar-refractivity contribution in [1.82, 2.24) is 9.78 Å². The second kappa shape index (κ2) is 5.57. The van der Waals surface area contributed by atoms with Crippen molar-refractivity contribution < 1.29 is 4.79 Å². The number of hydrogen-bond donors (Lipinski definition) is 0. The Balaban J connectivity index is 2.29. The van der Waals surface area contributed by atoms with Gasteiger partial charge in [-0.05, 0) is 44.2 Å². The molecule has 0 aliphatic heterocycles. The number of aryl methyl sites for hydroxylation is 2. The van der Waals surface area contributed by atoms with E-state index in [9.17, 15) is 4.79 Å². The fraction of sp³-hybridized carbons (Fsp3) is 0.267. The summed E-state index contributed by atoms with van der Waals surface area (Å²) in [6.45, 7) is 4.46. The zero-order valence-electron chi connectivity index (χ0n) is 11.8. The zero-order valence-corrected chi connectivity index (χ0v) is 11.8. The quantitative estimate of drug-likeness (QED) is 0.858. The maximum absolute atomic E-state index is 12.5. The summed E-state index contributed by atoms with van der Waals surface area (Å²) in [6, 6.07) is 10.8. The van der Waals surface area contributed by atoms with Gasteiger partial charge in [0.05, 0.1) is 17.3 Å². The summed E-state index contributed by atoms with van der Waals surface area (Å²) in [5.41, 5.74) is 2.71. The van der Waals surface area contributed by atoms with E-state index < -0.39 is 0 Å². The van der Waals surface area contributed by atoms with E-state index in [1.165, 1.54) is 0 Å². The summed E-state index contributed by atoms with van der Waals surface area (Å²) in [5.74, 6) is -0.114. The van der Waals surface area contributed by atoms with Crippen LogP contribution in [0.4, 0.5) is 5.69 Å². The van der Waals surface area contributed by atoms with Crippen LogP contribution in [-0.2, 0) is 6.54 Å². The van der Waals surface area contributed by atoms with Gasteiger partial charge in [0.2, 0.25) is 0 Å². The molecule has 5 nitrogen and oxygen atoms in total. The summed E-state index contributed by atoms with van der Waals surface area (Å²) in [7, 11) is 1.71. The van der Waals surface area contributed by atoms with Gasteiger partial charge >= 0.3 is 0 Å². The van der Waals surface area contributed by atoms with Crippen molar-refractivity contribution in [1.29, 1.82) is 5.26 Å². The van der Waals surface area contributed by atoms with Gasteiger partial charge in [0.1, 0.15) is 5.69 Å². The molecule has 102 valence electrons. The fourth-order valence-corrected chi connectivity index (χ4v) is 2.01. The SMILES string of the molecule is CCn1nc(C)cc1C(=O)N(C)c1ccc(C#N)cc1. The monoisotopic (exact) mass is 268 g/mol. The third-order valence-electron chi connectivity index (χ3n) is 3.11. The number of rotatable bonds is 3. The Morgan fingerprint density at radius 2 is 2.05 bits per heavy atom. The molecule has 20 heavy (non-hydrogen) atoms. The highest BCUT2D eigenvalue weighted by Crippen LogP contribution is 2.17. The predicted octanol–water partition coefficient (Wildman–Crippen LogP) is 2.36. The number of amides is 1. The van der Waals surface area contributed by atoms with Gasteiger partial charge in [0.25, 0.3) is 5.91 Å². The molecule has 0 aliphatic rings. The highest BCUT2D eigenvalue weighted by atomic mass is 16.2. The number of carbonyl (C=O) groups is 1. The Kier molecular flexibility index (Phi) is 3.85. The van der Waals surface area contributed by atoms with Crippen LogP contribution < -0.4 is 4.90 Å². The first-order valence-corrected chi connectivity index (χ1v) is 6.39.